The first-order valence-electron chi connectivity index (χ1n) is 5.48. The van der Waals surface area contributed by atoms with E-state index in [-0.39, 0.29) is 18.3 Å². The Morgan fingerprint density at radius 3 is 2.53 bits per heavy atom. The number of piperidine rings is 1. The number of hydrogen-bond donors (Lipinski definition) is 2. The van der Waals surface area contributed by atoms with Crippen molar-refractivity contribution in [2.75, 3.05) is 26.7 Å². The first-order valence-corrected chi connectivity index (χ1v) is 5.48. The molecule has 2 unspecified atom stereocenters. The normalized spacial score (nSPS) is 29.5. The summed E-state index contributed by atoms with van der Waals surface area (Å²) in [5.74, 6) is 0.242. The van der Waals surface area contributed by atoms with Gasteiger partial charge in [0.2, 0.25) is 5.91 Å². The second-order valence-corrected chi connectivity index (χ2v) is 4.32. The fourth-order valence-electron chi connectivity index (χ4n) is 2.47. The number of amides is 1. The number of piperazine rings is 1. The van der Waals surface area contributed by atoms with Crippen molar-refractivity contribution in [2.24, 2.45) is 0 Å². The van der Waals surface area contributed by atoms with Crippen molar-refractivity contribution in [2.45, 2.75) is 31.3 Å². The van der Waals surface area contributed by atoms with Crippen LogP contribution >= 0.6 is 12.4 Å². The zero-order valence-corrected chi connectivity index (χ0v) is 9.98. The number of likely N-dealkylation sites (N-methyl/N-ethyl adjacent to an activating group) is 1. The third kappa shape index (κ3) is 3.06. The second-order valence-electron chi connectivity index (χ2n) is 4.32. The van der Waals surface area contributed by atoms with Crippen LogP contribution in [0.15, 0.2) is 0 Å². The predicted octanol–water partition coefficient (Wildman–Crippen LogP) is -0.0195. The van der Waals surface area contributed by atoms with Crippen LogP contribution in [0.25, 0.3) is 0 Å². The highest BCUT2D eigenvalue weighted by atomic mass is 35.5. The summed E-state index contributed by atoms with van der Waals surface area (Å²) in [6.45, 7) is 2.27. The highest BCUT2D eigenvalue weighted by Gasteiger charge is 2.31. The van der Waals surface area contributed by atoms with E-state index in [1.807, 2.05) is 11.9 Å². The average Bonchev–Trinajstić information content (AvgIpc) is 2.17. The Hall–Kier alpha value is -0.320. The molecule has 2 atom stereocenters. The van der Waals surface area contributed by atoms with Gasteiger partial charge < -0.3 is 15.5 Å². The molecule has 88 valence electrons. The molecule has 0 radical (unpaired) electrons. The van der Waals surface area contributed by atoms with Gasteiger partial charge in [-0.2, -0.15) is 0 Å². The van der Waals surface area contributed by atoms with Gasteiger partial charge in [0.05, 0.1) is 6.54 Å². The lowest BCUT2D eigenvalue weighted by atomic mass is 9.94. The number of nitrogens with zero attached hydrogens (tertiary/aromatic N) is 1. The molecule has 0 aromatic rings. The highest BCUT2D eigenvalue weighted by molar-refractivity contribution is 5.85. The number of rotatable bonds is 2. The molecule has 0 spiro atoms. The molecule has 4 nitrogen and oxygen atoms in total. The summed E-state index contributed by atoms with van der Waals surface area (Å²) in [5, 5.41) is 6.48. The summed E-state index contributed by atoms with van der Waals surface area (Å²) in [4.78, 5) is 13.7. The van der Waals surface area contributed by atoms with E-state index in [0.717, 1.165) is 13.1 Å². The maximum Gasteiger partial charge on any atom is 0.236 e. The lowest BCUT2D eigenvalue weighted by Gasteiger charge is -2.42. The first-order chi connectivity index (χ1) is 6.79. The maximum atomic E-state index is 11.7. The molecule has 2 bridgehead atoms. The standard InChI is InChI=1S/C10H19N3O.ClH/c1-11-5-10(14)13-6-8-3-2-4-9(7-13)12-8;/h8-9,11-12H,2-7H2,1H3;1H. The lowest BCUT2D eigenvalue weighted by molar-refractivity contribution is -0.132. The van der Waals surface area contributed by atoms with Gasteiger partial charge in [-0.15, -0.1) is 12.4 Å². The van der Waals surface area contributed by atoms with E-state index < -0.39 is 0 Å². The zero-order chi connectivity index (χ0) is 9.97. The third-order valence-corrected chi connectivity index (χ3v) is 3.14. The first kappa shape index (κ1) is 12.7. The molecule has 5 heteroatoms. The van der Waals surface area contributed by atoms with Gasteiger partial charge in [0, 0.05) is 25.2 Å². The summed E-state index contributed by atoms with van der Waals surface area (Å²) in [6, 6.07) is 1.09. The van der Waals surface area contributed by atoms with Crippen molar-refractivity contribution in [3.8, 4) is 0 Å². The quantitative estimate of drug-likeness (QED) is 0.705. The number of carbonyl (C=O) groups excluding carboxylic acids is 1. The molecular formula is C10H20ClN3O. The molecule has 2 saturated heterocycles. The topological polar surface area (TPSA) is 44.4 Å². The zero-order valence-electron chi connectivity index (χ0n) is 9.16. The number of halogens is 1. The Labute approximate surface area is 97.2 Å². The van der Waals surface area contributed by atoms with Gasteiger partial charge >= 0.3 is 0 Å². The van der Waals surface area contributed by atoms with Crippen LogP contribution < -0.4 is 10.6 Å². The van der Waals surface area contributed by atoms with Crippen LogP contribution in [0.3, 0.4) is 0 Å². The largest absolute Gasteiger partial charge is 0.338 e. The van der Waals surface area contributed by atoms with Gasteiger partial charge in [-0.3, -0.25) is 4.79 Å². The fourth-order valence-corrected chi connectivity index (χ4v) is 2.47. The van der Waals surface area contributed by atoms with E-state index in [9.17, 15) is 4.79 Å². The van der Waals surface area contributed by atoms with Crippen molar-refractivity contribution in [3.63, 3.8) is 0 Å². The molecule has 0 aromatic carbocycles. The van der Waals surface area contributed by atoms with Crippen molar-refractivity contribution in [1.29, 1.82) is 0 Å². The Morgan fingerprint density at radius 1 is 1.40 bits per heavy atom. The Morgan fingerprint density at radius 2 is 2.00 bits per heavy atom. The van der Waals surface area contributed by atoms with Gasteiger partial charge in [0.1, 0.15) is 0 Å². The maximum absolute atomic E-state index is 11.7. The summed E-state index contributed by atoms with van der Waals surface area (Å²) in [5.41, 5.74) is 0. The van der Waals surface area contributed by atoms with Crippen LogP contribution in [0.4, 0.5) is 0 Å². The molecule has 1 amide bonds. The molecule has 0 aromatic heterocycles. The fraction of sp³-hybridized carbons (Fsp3) is 0.900. The Kier molecular flexibility index (Phi) is 4.83. The Balaban J connectivity index is 0.00000112. The summed E-state index contributed by atoms with van der Waals surface area (Å²) in [7, 11) is 1.82. The van der Waals surface area contributed by atoms with Crippen LogP contribution in [0.5, 0.6) is 0 Å². The van der Waals surface area contributed by atoms with Crippen molar-refractivity contribution in [1.82, 2.24) is 15.5 Å². The number of nitrogens with one attached hydrogen (secondary N) is 2. The molecular weight excluding hydrogens is 214 g/mol. The van der Waals surface area contributed by atoms with Gasteiger partial charge in [-0.25, -0.2) is 0 Å². The minimum atomic E-state index is 0. The van der Waals surface area contributed by atoms with E-state index in [4.69, 9.17) is 0 Å². The van der Waals surface area contributed by atoms with Gasteiger partial charge in [0.15, 0.2) is 0 Å². The number of fused-ring (bicyclic) bond motifs is 2. The molecule has 2 fully saturated rings. The van der Waals surface area contributed by atoms with Gasteiger partial charge in [-0.1, -0.05) is 6.42 Å². The molecule has 2 aliphatic rings. The highest BCUT2D eigenvalue weighted by Crippen LogP contribution is 2.19. The third-order valence-electron chi connectivity index (χ3n) is 3.14. The van der Waals surface area contributed by atoms with E-state index in [1.54, 1.807) is 0 Å². The van der Waals surface area contributed by atoms with Gasteiger partial charge in [0.25, 0.3) is 0 Å². The van der Waals surface area contributed by atoms with Crippen molar-refractivity contribution >= 4 is 18.3 Å². The number of carbonyl (C=O) groups is 1. The average molecular weight is 234 g/mol. The monoisotopic (exact) mass is 233 g/mol. The van der Waals surface area contributed by atoms with Crippen LogP contribution in [-0.4, -0.2) is 49.6 Å². The van der Waals surface area contributed by atoms with Crippen LogP contribution in [0.1, 0.15) is 19.3 Å². The van der Waals surface area contributed by atoms with Crippen LogP contribution in [-0.2, 0) is 4.79 Å². The Bertz CT molecular complexity index is 213. The van der Waals surface area contributed by atoms with Gasteiger partial charge in [-0.05, 0) is 19.9 Å². The molecule has 2 rings (SSSR count). The van der Waals surface area contributed by atoms with Crippen LogP contribution in [0.2, 0.25) is 0 Å². The van der Waals surface area contributed by atoms with E-state index in [0.29, 0.717) is 18.6 Å². The van der Waals surface area contributed by atoms with Crippen molar-refractivity contribution < 1.29 is 4.79 Å². The number of hydrogen-bond acceptors (Lipinski definition) is 3. The van der Waals surface area contributed by atoms with Crippen molar-refractivity contribution in [3.05, 3.63) is 0 Å². The van der Waals surface area contributed by atoms with E-state index in [2.05, 4.69) is 10.6 Å². The summed E-state index contributed by atoms with van der Waals surface area (Å²) in [6.07, 6.45) is 3.76. The molecule has 2 N–H and O–H groups in total. The predicted molar refractivity (Wildman–Crippen MR) is 62.3 cm³/mol. The van der Waals surface area contributed by atoms with E-state index >= 15 is 0 Å². The smallest absolute Gasteiger partial charge is 0.236 e. The van der Waals surface area contributed by atoms with Crippen LogP contribution in [0, 0.1) is 0 Å². The summed E-state index contributed by atoms with van der Waals surface area (Å²) < 4.78 is 0. The SMILES string of the molecule is CNCC(=O)N1CC2CCCC(C1)N2.Cl. The number of likely N-dealkylation sites (tertiary alicyclic amines) is 1. The molecule has 2 heterocycles. The molecule has 0 saturated carbocycles. The molecule has 2 aliphatic heterocycles. The molecule has 15 heavy (non-hydrogen) atoms. The summed E-state index contributed by atoms with van der Waals surface area (Å²) >= 11 is 0. The van der Waals surface area contributed by atoms with E-state index in [1.165, 1.54) is 19.3 Å². The minimum absolute atomic E-state index is 0. The molecule has 0 aliphatic carbocycles. The second kappa shape index (κ2) is 5.68. The lowest BCUT2D eigenvalue weighted by Crippen LogP contribution is -2.60. The minimum Gasteiger partial charge on any atom is -0.338 e.